The molecule has 0 aliphatic carbocycles. The molecule has 2 saturated heterocycles. The van der Waals surface area contributed by atoms with E-state index in [9.17, 15) is 5.11 Å². The van der Waals surface area contributed by atoms with Crippen LogP contribution < -0.4 is 0 Å². The number of nitrogens with zero attached hydrogens (tertiary/aromatic N) is 2. The van der Waals surface area contributed by atoms with E-state index in [1.54, 1.807) is 0 Å². The lowest BCUT2D eigenvalue weighted by atomic mass is 9.87. The topological polar surface area (TPSA) is 26.7 Å². The second-order valence-electron chi connectivity index (χ2n) is 7.66. The molecule has 3 unspecified atom stereocenters. The zero-order valence-corrected chi connectivity index (χ0v) is 13.2. The number of aliphatic hydroxyl groups excluding tert-OH is 1. The second kappa shape index (κ2) is 6.11. The van der Waals surface area contributed by atoms with E-state index in [-0.39, 0.29) is 11.5 Å². The second-order valence-corrected chi connectivity index (χ2v) is 7.66. The molecule has 0 aromatic rings. The zero-order chi connectivity index (χ0) is 14.0. The van der Waals surface area contributed by atoms with E-state index in [4.69, 9.17) is 0 Å². The van der Waals surface area contributed by atoms with Crippen molar-refractivity contribution in [2.75, 3.05) is 26.2 Å². The average Bonchev–Trinajstić information content (AvgIpc) is 2.34. The van der Waals surface area contributed by atoms with Crippen molar-refractivity contribution in [1.29, 1.82) is 0 Å². The Bertz CT molecular complexity index is 287. The highest BCUT2D eigenvalue weighted by Gasteiger charge is 2.33. The summed E-state index contributed by atoms with van der Waals surface area (Å²) >= 11 is 0. The Balaban J connectivity index is 1.83. The molecule has 19 heavy (non-hydrogen) atoms. The Hall–Kier alpha value is -0.120. The van der Waals surface area contributed by atoms with Crippen LogP contribution in [0.25, 0.3) is 0 Å². The summed E-state index contributed by atoms with van der Waals surface area (Å²) in [6.45, 7) is 13.5. The normalized spacial score (nSPS) is 32.1. The average molecular weight is 268 g/mol. The Morgan fingerprint density at radius 2 is 1.95 bits per heavy atom. The lowest BCUT2D eigenvalue weighted by molar-refractivity contribution is -0.00416. The maximum atomic E-state index is 10.2. The SMILES string of the molecule is CC1CN2CCCCC2CN1CCC(O)C(C)(C)C. The number of hydrogen-bond donors (Lipinski definition) is 1. The summed E-state index contributed by atoms with van der Waals surface area (Å²) in [4.78, 5) is 5.28. The van der Waals surface area contributed by atoms with Crippen molar-refractivity contribution in [3.05, 3.63) is 0 Å². The molecule has 0 saturated carbocycles. The van der Waals surface area contributed by atoms with Gasteiger partial charge in [0.1, 0.15) is 0 Å². The molecule has 2 fully saturated rings. The van der Waals surface area contributed by atoms with Crippen LogP contribution in [0, 0.1) is 5.41 Å². The standard InChI is InChI=1S/C16H32N2O/c1-13-11-18-9-6-5-7-14(18)12-17(13)10-8-15(19)16(2,3)4/h13-15,19H,5-12H2,1-4H3. The smallest absolute Gasteiger partial charge is 0.0600 e. The van der Waals surface area contributed by atoms with Gasteiger partial charge in [0.25, 0.3) is 0 Å². The molecule has 1 N–H and O–H groups in total. The lowest BCUT2D eigenvalue weighted by Crippen LogP contribution is -2.59. The largest absolute Gasteiger partial charge is 0.393 e. The van der Waals surface area contributed by atoms with Crippen LogP contribution in [0.4, 0.5) is 0 Å². The van der Waals surface area contributed by atoms with Crippen molar-refractivity contribution < 1.29 is 5.11 Å². The number of piperidine rings is 1. The van der Waals surface area contributed by atoms with Crippen molar-refractivity contribution in [3.63, 3.8) is 0 Å². The monoisotopic (exact) mass is 268 g/mol. The van der Waals surface area contributed by atoms with Crippen molar-refractivity contribution in [1.82, 2.24) is 9.80 Å². The van der Waals surface area contributed by atoms with Crippen LogP contribution in [-0.2, 0) is 0 Å². The summed E-state index contributed by atoms with van der Waals surface area (Å²) < 4.78 is 0. The van der Waals surface area contributed by atoms with Gasteiger partial charge in [-0.05, 0) is 38.1 Å². The van der Waals surface area contributed by atoms with Crippen LogP contribution in [0.3, 0.4) is 0 Å². The van der Waals surface area contributed by atoms with Crippen molar-refractivity contribution in [2.24, 2.45) is 5.41 Å². The highest BCUT2D eigenvalue weighted by Crippen LogP contribution is 2.26. The van der Waals surface area contributed by atoms with Gasteiger partial charge in [0.2, 0.25) is 0 Å². The van der Waals surface area contributed by atoms with Gasteiger partial charge in [-0.1, -0.05) is 27.2 Å². The summed E-state index contributed by atoms with van der Waals surface area (Å²) in [5.41, 5.74) is 0.00982. The molecule has 0 aromatic heterocycles. The first-order valence-corrected chi connectivity index (χ1v) is 8.04. The first-order chi connectivity index (χ1) is 8.88. The van der Waals surface area contributed by atoms with E-state index in [0.29, 0.717) is 6.04 Å². The molecule has 0 radical (unpaired) electrons. The van der Waals surface area contributed by atoms with Crippen LogP contribution in [0.2, 0.25) is 0 Å². The van der Waals surface area contributed by atoms with Crippen LogP contribution >= 0.6 is 0 Å². The van der Waals surface area contributed by atoms with E-state index in [1.807, 2.05) is 0 Å². The molecule has 112 valence electrons. The number of rotatable bonds is 3. The van der Waals surface area contributed by atoms with Gasteiger partial charge in [-0.15, -0.1) is 0 Å². The maximum absolute atomic E-state index is 10.2. The van der Waals surface area contributed by atoms with Gasteiger partial charge in [0.05, 0.1) is 6.10 Å². The third-order valence-corrected chi connectivity index (χ3v) is 5.01. The molecule has 0 bridgehead atoms. The van der Waals surface area contributed by atoms with Gasteiger partial charge in [0, 0.05) is 31.7 Å². The van der Waals surface area contributed by atoms with Gasteiger partial charge < -0.3 is 5.11 Å². The molecule has 3 heteroatoms. The summed E-state index contributed by atoms with van der Waals surface area (Å²) in [5, 5.41) is 10.2. The van der Waals surface area contributed by atoms with Crippen molar-refractivity contribution >= 4 is 0 Å². The molecule has 2 aliphatic rings. The third-order valence-electron chi connectivity index (χ3n) is 5.01. The number of fused-ring (bicyclic) bond motifs is 1. The van der Waals surface area contributed by atoms with E-state index < -0.39 is 0 Å². The van der Waals surface area contributed by atoms with Crippen LogP contribution in [0.5, 0.6) is 0 Å². The maximum Gasteiger partial charge on any atom is 0.0600 e. The fraction of sp³-hybridized carbons (Fsp3) is 1.00. The molecule has 0 aromatic carbocycles. The molecule has 0 amide bonds. The van der Waals surface area contributed by atoms with Crippen molar-refractivity contribution in [2.45, 2.75) is 71.6 Å². The number of hydrogen-bond acceptors (Lipinski definition) is 3. The molecular weight excluding hydrogens is 236 g/mol. The fourth-order valence-corrected chi connectivity index (χ4v) is 3.45. The summed E-state index contributed by atoms with van der Waals surface area (Å²) in [5.74, 6) is 0. The highest BCUT2D eigenvalue weighted by molar-refractivity contribution is 4.89. The highest BCUT2D eigenvalue weighted by atomic mass is 16.3. The summed E-state index contributed by atoms with van der Waals surface area (Å²) in [6, 6.07) is 1.42. The van der Waals surface area contributed by atoms with Crippen LogP contribution in [0.1, 0.15) is 53.4 Å². The predicted molar refractivity (Wildman–Crippen MR) is 80.3 cm³/mol. The molecule has 3 atom stereocenters. The predicted octanol–water partition coefficient (Wildman–Crippen LogP) is 2.34. The molecule has 0 spiro atoms. The van der Waals surface area contributed by atoms with E-state index in [2.05, 4.69) is 37.5 Å². The lowest BCUT2D eigenvalue weighted by Gasteiger charge is -2.48. The Kier molecular flexibility index (Phi) is 4.91. The minimum absolute atomic E-state index is 0.00982. The Labute approximate surface area is 119 Å². The van der Waals surface area contributed by atoms with Gasteiger partial charge >= 0.3 is 0 Å². The summed E-state index contributed by atoms with van der Waals surface area (Å²) in [6.07, 6.45) is 4.86. The molecule has 2 aliphatic heterocycles. The molecule has 2 heterocycles. The molecule has 3 nitrogen and oxygen atoms in total. The van der Waals surface area contributed by atoms with Gasteiger partial charge in [-0.2, -0.15) is 0 Å². The minimum atomic E-state index is -0.191. The first kappa shape index (κ1) is 15.3. The van der Waals surface area contributed by atoms with Gasteiger partial charge in [-0.25, -0.2) is 0 Å². The number of piperazine rings is 1. The van der Waals surface area contributed by atoms with E-state index >= 15 is 0 Å². The Morgan fingerprint density at radius 3 is 2.63 bits per heavy atom. The molecular formula is C16H32N2O. The fourth-order valence-electron chi connectivity index (χ4n) is 3.45. The minimum Gasteiger partial charge on any atom is -0.393 e. The van der Waals surface area contributed by atoms with Gasteiger partial charge in [-0.3, -0.25) is 9.80 Å². The zero-order valence-electron chi connectivity index (χ0n) is 13.2. The summed E-state index contributed by atoms with van der Waals surface area (Å²) in [7, 11) is 0. The quantitative estimate of drug-likeness (QED) is 0.851. The first-order valence-electron chi connectivity index (χ1n) is 8.04. The van der Waals surface area contributed by atoms with Crippen LogP contribution in [0.15, 0.2) is 0 Å². The van der Waals surface area contributed by atoms with E-state index in [0.717, 1.165) is 19.0 Å². The third kappa shape index (κ3) is 3.93. The van der Waals surface area contributed by atoms with E-state index in [1.165, 1.54) is 38.9 Å². The Morgan fingerprint density at radius 1 is 1.21 bits per heavy atom. The van der Waals surface area contributed by atoms with Crippen molar-refractivity contribution in [3.8, 4) is 0 Å². The molecule has 2 rings (SSSR count). The number of aliphatic hydroxyl groups is 1. The van der Waals surface area contributed by atoms with Crippen LogP contribution in [-0.4, -0.2) is 59.3 Å². The van der Waals surface area contributed by atoms with Gasteiger partial charge in [0.15, 0.2) is 0 Å².